The van der Waals surface area contributed by atoms with Gasteiger partial charge in [-0.1, -0.05) is 27.7 Å². The van der Waals surface area contributed by atoms with Crippen molar-refractivity contribution in [3.05, 3.63) is 0 Å². The number of hydrogen-bond donors (Lipinski definition) is 0. The zero-order valence-corrected chi connectivity index (χ0v) is 15.2. The van der Waals surface area contributed by atoms with Crippen molar-refractivity contribution in [3.63, 3.8) is 0 Å². The summed E-state index contributed by atoms with van der Waals surface area (Å²) in [5.74, 6) is 3.24. The lowest BCUT2D eigenvalue weighted by atomic mass is 9.47. The number of fused-ring (bicyclic) bond motifs is 3. The second kappa shape index (κ2) is 5.53. The summed E-state index contributed by atoms with van der Waals surface area (Å²) < 4.78 is 5.61. The molecule has 3 aliphatic carbocycles. The number of hydrogen-bond acceptors (Lipinski definition) is 2. The van der Waals surface area contributed by atoms with Crippen LogP contribution in [0.1, 0.15) is 79.6 Å². The molecule has 0 aromatic rings. The van der Waals surface area contributed by atoms with Crippen molar-refractivity contribution < 1.29 is 9.53 Å². The first-order valence-electron chi connectivity index (χ1n) is 9.43. The molecule has 3 fully saturated rings. The highest BCUT2D eigenvalue weighted by molar-refractivity contribution is 5.66. The van der Waals surface area contributed by atoms with E-state index in [1.54, 1.807) is 6.92 Å². The van der Waals surface area contributed by atoms with Crippen molar-refractivity contribution in [2.75, 3.05) is 0 Å². The number of rotatable bonds is 2. The fraction of sp³-hybridized carbons (Fsp3) is 0.950. The van der Waals surface area contributed by atoms with Crippen molar-refractivity contribution in [2.24, 2.45) is 34.5 Å². The van der Waals surface area contributed by atoms with Gasteiger partial charge in [0.1, 0.15) is 6.10 Å². The molecule has 0 aromatic carbocycles. The Balaban J connectivity index is 1.84. The van der Waals surface area contributed by atoms with Crippen molar-refractivity contribution in [2.45, 2.75) is 85.7 Å². The van der Waals surface area contributed by atoms with E-state index in [-0.39, 0.29) is 12.1 Å². The van der Waals surface area contributed by atoms with Crippen LogP contribution in [0.15, 0.2) is 0 Å². The van der Waals surface area contributed by atoms with Gasteiger partial charge in [0.15, 0.2) is 0 Å². The molecular weight excluding hydrogens is 272 g/mol. The highest BCUT2D eigenvalue weighted by Gasteiger charge is 2.59. The molecule has 0 bridgehead atoms. The van der Waals surface area contributed by atoms with Crippen molar-refractivity contribution in [1.82, 2.24) is 0 Å². The van der Waals surface area contributed by atoms with E-state index in [4.69, 9.17) is 4.74 Å². The molecule has 6 atom stereocenters. The summed E-state index contributed by atoms with van der Waals surface area (Å²) in [6.45, 7) is 11.5. The SMILES string of the molecule is CC(=O)OC1CC[C@@]2(C)CC[C@@H]3[C@H](C(C)C)CC[C@@]3(C)[C@@H]2C1. The average molecular weight is 306 g/mol. The second-order valence-corrected chi connectivity index (χ2v) is 9.31. The van der Waals surface area contributed by atoms with Crippen LogP contribution in [0.5, 0.6) is 0 Å². The van der Waals surface area contributed by atoms with Gasteiger partial charge >= 0.3 is 5.97 Å². The van der Waals surface area contributed by atoms with Gasteiger partial charge in [-0.2, -0.15) is 0 Å². The monoisotopic (exact) mass is 306 g/mol. The van der Waals surface area contributed by atoms with E-state index in [2.05, 4.69) is 27.7 Å². The van der Waals surface area contributed by atoms with Crippen LogP contribution in [0.3, 0.4) is 0 Å². The predicted molar refractivity (Wildman–Crippen MR) is 89.4 cm³/mol. The van der Waals surface area contributed by atoms with Crippen molar-refractivity contribution >= 4 is 5.97 Å². The number of carbonyl (C=O) groups excluding carboxylic acids is 1. The van der Waals surface area contributed by atoms with Gasteiger partial charge in [0.2, 0.25) is 0 Å². The van der Waals surface area contributed by atoms with Gasteiger partial charge in [-0.05, 0) is 79.4 Å². The largest absolute Gasteiger partial charge is 0.463 e. The van der Waals surface area contributed by atoms with Crippen LogP contribution in [0.25, 0.3) is 0 Å². The first kappa shape index (κ1) is 16.3. The summed E-state index contributed by atoms with van der Waals surface area (Å²) in [7, 11) is 0. The minimum atomic E-state index is -0.0994. The maximum Gasteiger partial charge on any atom is 0.302 e. The Morgan fingerprint density at radius 1 is 1.09 bits per heavy atom. The molecule has 0 aliphatic heterocycles. The zero-order chi connectivity index (χ0) is 16.1. The van der Waals surface area contributed by atoms with Crippen LogP contribution in [-0.4, -0.2) is 12.1 Å². The van der Waals surface area contributed by atoms with E-state index < -0.39 is 0 Å². The maximum absolute atomic E-state index is 11.4. The lowest BCUT2D eigenvalue weighted by Crippen LogP contribution is -2.52. The summed E-state index contributed by atoms with van der Waals surface area (Å²) in [6, 6.07) is 0. The van der Waals surface area contributed by atoms with Crippen LogP contribution < -0.4 is 0 Å². The summed E-state index contributed by atoms with van der Waals surface area (Å²) in [4.78, 5) is 11.4. The second-order valence-electron chi connectivity index (χ2n) is 9.31. The standard InChI is InChI=1S/C20H34O2/c1-13(2)16-7-11-20(5)17(16)8-10-19(4)9-6-15(12-18(19)20)22-14(3)21/h13,15-18H,6-12H2,1-5H3/t15?,16-,17+,18+,19-,20+/m0/s1. The summed E-state index contributed by atoms with van der Waals surface area (Å²) >= 11 is 0. The third-order valence-electron chi connectivity index (χ3n) is 7.77. The Morgan fingerprint density at radius 3 is 2.41 bits per heavy atom. The maximum atomic E-state index is 11.4. The topological polar surface area (TPSA) is 26.3 Å². The first-order chi connectivity index (χ1) is 10.3. The number of ether oxygens (including phenoxy) is 1. The highest BCUT2D eigenvalue weighted by atomic mass is 16.5. The number of esters is 1. The Morgan fingerprint density at radius 2 is 1.77 bits per heavy atom. The fourth-order valence-electron chi connectivity index (χ4n) is 6.65. The fourth-order valence-corrected chi connectivity index (χ4v) is 6.65. The molecule has 3 saturated carbocycles. The minimum absolute atomic E-state index is 0.0994. The summed E-state index contributed by atoms with van der Waals surface area (Å²) in [5, 5.41) is 0. The Kier molecular flexibility index (Phi) is 4.10. The molecule has 0 spiro atoms. The van der Waals surface area contributed by atoms with Gasteiger partial charge < -0.3 is 4.74 Å². The molecule has 0 heterocycles. The van der Waals surface area contributed by atoms with Crippen LogP contribution in [-0.2, 0) is 9.53 Å². The summed E-state index contributed by atoms with van der Waals surface area (Å²) in [6.07, 6.45) is 9.18. The van der Waals surface area contributed by atoms with Gasteiger partial charge in [0, 0.05) is 6.92 Å². The molecule has 3 rings (SSSR count). The molecule has 0 radical (unpaired) electrons. The van der Waals surface area contributed by atoms with Crippen LogP contribution in [0, 0.1) is 34.5 Å². The smallest absolute Gasteiger partial charge is 0.302 e. The third-order valence-corrected chi connectivity index (χ3v) is 7.77. The molecule has 0 saturated heterocycles. The van der Waals surface area contributed by atoms with Crippen LogP contribution in [0.2, 0.25) is 0 Å². The van der Waals surface area contributed by atoms with Crippen LogP contribution >= 0.6 is 0 Å². The predicted octanol–water partition coefficient (Wildman–Crippen LogP) is 5.21. The molecule has 2 nitrogen and oxygen atoms in total. The van der Waals surface area contributed by atoms with Gasteiger partial charge in [-0.25, -0.2) is 0 Å². The van der Waals surface area contributed by atoms with Gasteiger partial charge in [-0.15, -0.1) is 0 Å². The van der Waals surface area contributed by atoms with E-state index in [1.807, 2.05) is 0 Å². The molecule has 0 amide bonds. The van der Waals surface area contributed by atoms with Crippen molar-refractivity contribution in [1.29, 1.82) is 0 Å². The molecule has 1 unspecified atom stereocenters. The van der Waals surface area contributed by atoms with E-state index in [1.165, 1.54) is 32.1 Å². The number of carbonyl (C=O) groups is 1. The molecular formula is C20H34O2. The molecule has 22 heavy (non-hydrogen) atoms. The van der Waals surface area contributed by atoms with Crippen molar-refractivity contribution in [3.8, 4) is 0 Å². The summed E-state index contributed by atoms with van der Waals surface area (Å²) in [5.41, 5.74) is 0.953. The normalized spacial score (nSPS) is 47.9. The molecule has 2 heteroatoms. The molecule has 126 valence electrons. The third kappa shape index (κ3) is 2.51. The van der Waals surface area contributed by atoms with E-state index in [0.717, 1.165) is 36.5 Å². The van der Waals surface area contributed by atoms with E-state index >= 15 is 0 Å². The molecule has 0 N–H and O–H groups in total. The first-order valence-corrected chi connectivity index (χ1v) is 9.43. The van der Waals surface area contributed by atoms with Gasteiger partial charge in [-0.3, -0.25) is 4.79 Å². The molecule has 0 aromatic heterocycles. The average Bonchev–Trinajstić information content (AvgIpc) is 2.77. The molecule has 3 aliphatic rings. The van der Waals surface area contributed by atoms with E-state index in [0.29, 0.717) is 10.8 Å². The quantitative estimate of drug-likeness (QED) is 0.655. The lowest BCUT2D eigenvalue weighted by Gasteiger charge is -2.58. The Hall–Kier alpha value is -0.530. The highest BCUT2D eigenvalue weighted by Crippen LogP contribution is 2.67. The van der Waals surface area contributed by atoms with Crippen LogP contribution in [0.4, 0.5) is 0 Å². The van der Waals surface area contributed by atoms with E-state index in [9.17, 15) is 4.79 Å². The Labute approximate surface area is 136 Å². The minimum Gasteiger partial charge on any atom is -0.463 e. The Bertz CT molecular complexity index is 443. The lowest BCUT2D eigenvalue weighted by molar-refractivity contribution is -0.159. The van der Waals surface area contributed by atoms with Gasteiger partial charge in [0.05, 0.1) is 0 Å². The van der Waals surface area contributed by atoms with Gasteiger partial charge in [0.25, 0.3) is 0 Å². The zero-order valence-electron chi connectivity index (χ0n) is 15.2.